The number of rotatable bonds is 6. The van der Waals surface area contributed by atoms with Crippen molar-refractivity contribution in [3.8, 4) is 5.75 Å². The van der Waals surface area contributed by atoms with Crippen molar-refractivity contribution in [3.63, 3.8) is 0 Å². The first kappa shape index (κ1) is 22.7. The van der Waals surface area contributed by atoms with E-state index in [0.29, 0.717) is 23.8 Å². The molecule has 1 aliphatic heterocycles. The minimum absolute atomic E-state index is 0.0661. The molecule has 0 spiro atoms. The Kier molecular flexibility index (Phi) is 6.89. The van der Waals surface area contributed by atoms with Crippen molar-refractivity contribution < 1.29 is 18.3 Å². The van der Waals surface area contributed by atoms with Crippen molar-refractivity contribution in [2.75, 3.05) is 18.0 Å². The summed E-state index contributed by atoms with van der Waals surface area (Å²) >= 11 is 5.99. The van der Waals surface area contributed by atoms with Gasteiger partial charge >= 0.3 is 12.6 Å². The molecule has 0 saturated carbocycles. The van der Waals surface area contributed by atoms with Gasteiger partial charge in [-0.15, -0.1) is 0 Å². The molecule has 2 amide bonds. The van der Waals surface area contributed by atoms with Gasteiger partial charge in [0.05, 0.1) is 12.3 Å². The molecule has 4 rings (SSSR count). The van der Waals surface area contributed by atoms with Crippen molar-refractivity contribution in [1.29, 1.82) is 0 Å². The number of carbonyl (C=O) groups is 1. The summed E-state index contributed by atoms with van der Waals surface area (Å²) in [5, 5.41) is 6.71. The predicted octanol–water partition coefficient (Wildman–Crippen LogP) is 6.39. The minimum Gasteiger partial charge on any atom is -0.435 e. The summed E-state index contributed by atoms with van der Waals surface area (Å²) in [7, 11) is 0. The molecule has 0 radical (unpaired) electrons. The molecular weight excluding hydrogens is 448 g/mol. The molecule has 3 aromatic carbocycles. The summed E-state index contributed by atoms with van der Waals surface area (Å²) < 4.78 is 29.5. The number of amides is 2. The molecule has 8 heteroatoms. The summed E-state index contributed by atoms with van der Waals surface area (Å²) in [6, 6.07) is 22.9. The number of hydrazone groups is 1. The largest absolute Gasteiger partial charge is 0.435 e. The number of carbonyl (C=O) groups excluding carboxylic acids is 1. The molecule has 0 N–H and O–H groups in total. The van der Waals surface area contributed by atoms with Crippen molar-refractivity contribution in [2.24, 2.45) is 5.10 Å². The van der Waals surface area contributed by atoms with Crippen LogP contribution in [-0.2, 0) is 0 Å². The van der Waals surface area contributed by atoms with Gasteiger partial charge < -0.3 is 4.74 Å². The highest BCUT2D eigenvalue weighted by Gasteiger charge is 2.34. The summed E-state index contributed by atoms with van der Waals surface area (Å²) in [6.45, 7) is -0.184. The zero-order valence-electron chi connectivity index (χ0n) is 17.9. The van der Waals surface area contributed by atoms with Gasteiger partial charge in [-0.05, 0) is 66.6 Å². The summed E-state index contributed by atoms with van der Waals surface area (Å²) in [6.07, 6.45) is 0. The van der Waals surface area contributed by atoms with E-state index in [1.807, 2.05) is 37.3 Å². The van der Waals surface area contributed by atoms with Crippen molar-refractivity contribution in [2.45, 2.75) is 19.5 Å². The van der Waals surface area contributed by atoms with Crippen LogP contribution in [0.2, 0.25) is 5.02 Å². The van der Waals surface area contributed by atoms with E-state index < -0.39 is 6.61 Å². The van der Waals surface area contributed by atoms with E-state index in [1.54, 1.807) is 41.3 Å². The van der Waals surface area contributed by atoms with Crippen molar-refractivity contribution in [1.82, 2.24) is 5.01 Å². The minimum atomic E-state index is -2.89. The predicted molar refractivity (Wildman–Crippen MR) is 125 cm³/mol. The van der Waals surface area contributed by atoms with E-state index in [1.165, 1.54) is 17.1 Å². The molecular formula is C25H22ClF2N3O2. The van der Waals surface area contributed by atoms with Crippen molar-refractivity contribution in [3.05, 3.63) is 95.0 Å². The van der Waals surface area contributed by atoms with E-state index in [0.717, 1.165) is 16.8 Å². The maximum absolute atomic E-state index is 13.4. The highest BCUT2D eigenvalue weighted by Crippen LogP contribution is 2.31. The van der Waals surface area contributed by atoms with Gasteiger partial charge in [-0.3, -0.25) is 4.90 Å². The van der Waals surface area contributed by atoms with Crippen LogP contribution in [0.15, 0.2) is 84.0 Å². The van der Waals surface area contributed by atoms with E-state index in [9.17, 15) is 13.6 Å². The number of anilines is 1. The van der Waals surface area contributed by atoms with Crippen LogP contribution in [0.4, 0.5) is 19.3 Å². The van der Waals surface area contributed by atoms with Crippen LogP contribution in [0.1, 0.15) is 24.0 Å². The van der Waals surface area contributed by atoms with Crippen LogP contribution < -0.4 is 9.64 Å². The van der Waals surface area contributed by atoms with Gasteiger partial charge in [0, 0.05) is 23.2 Å². The van der Waals surface area contributed by atoms with Crippen LogP contribution in [0.5, 0.6) is 5.75 Å². The Morgan fingerprint density at radius 1 is 1.09 bits per heavy atom. The number of nitrogens with zero attached hydrogens (tertiary/aromatic N) is 3. The van der Waals surface area contributed by atoms with Gasteiger partial charge in [0.1, 0.15) is 5.75 Å². The molecule has 0 bridgehead atoms. The molecule has 0 fully saturated rings. The first-order valence-electron chi connectivity index (χ1n) is 10.5. The number of hydrogen-bond donors (Lipinski definition) is 0. The number of halogens is 3. The van der Waals surface area contributed by atoms with E-state index in [2.05, 4.69) is 9.84 Å². The molecule has 1 heterocycles. The lowest BCUT2D eigenvalue weighted by Gasteiger charge is -2.25. The second-order valence-electron chi connectivity index (χ2n) is 7.44. The Morgan fingerprint density at radius 3 is 2.36 bits per heavy atom. The molecule has 170 valence electrons. The standard InChI is InChI=1S/C25H22ClF2N3O2/c1-2-30(20-12-10-19(26)11-13-20)25(32)31-16-22(17-6-4-3-5-7-17)23(29-31)18-8-14-21(15-9-18)33-24(27)28/h3-15,22,24H,2,16H2,1H3. The smallest absolute Gasteiger partial charge is 0.387 e. The van der Waals surface area contributed by atoms with Crippen LogP contribution in [-0.4, -0.2) is 36.5 Å². The number of benzene rings is 3. The highest BCUT2D eigenvalue weighted by molar-refractivity contribution is 6.30. The third-order valence-corrected chi connectivity index (χ3v) is 5.65. The number of hydrogen-bond acceptors (Lipinski definition) is 3. The fourth-order valence-corrected chi connectivity index (χ4v) is 3.95. The Hall–Kier alpha value is -3.45. The Labute approximate surface area is 195 Å². The van der Waals surface area contributed by atoms with Gasteiger partial charge in [0.2, 0.25) is 0 Å². The molecule has 1 unspecified atom stereocenters. The zero-order valence-corrected chi connectivity index (χ0v) is 18.6. The quantitative estimate of drug-likeness (QED) is 0.420. The van der Waals surface area contributed by atoms with E-state index in [4.69, 9.17) is 11.6 Å². The summed E-state index contributed by atoms with van der Waals surface area (Å²) in [5.41, 5.74) is 3.15. The maximum Gasteiger partial charge on any atom is 0.387 e. The maximum atomic E-state index is 13.4. The lowest BCUT2D eigenvalue weighted by atomic mass is 9.90. The summed E-state index contributed by atoms with van der Waals surface area (Å²) in [5.74, 6) is -0.0996. The first-order chi connectivity index (χ1) is 16.0. The molecule has 0 aromatic heterocycles. The molecule has 5 nitrogen and oxygen atoms in total. The number of alkyl halides is 2. The second-order valence-corrected chi connectivity index (χ2v) is 7.87. The lowest BCUT2D eigenvalue weighted by Crippen LogP contribution is -2.40. The van der Waals surface area contributed by atoms with Crippen molar-refractivity contribution >= 4 is 29.0 Å². The fourth-order valence-electron chi connectivity index (χ4n) is 3.82. The topological polar surface area (TPSA) is 45.1 Å². The van der Waals surface area contributed by atoms with Crippen LogP contribution in [0.25, 0.3) is 0 Å². The van der Waals surface area contributed by atoms with E-state index in [-0.39, 0.29) is 17.7 Å². The molecule has 1 atom stereocenters. The zero-order chi connectivity index (χ0) is 23.4. The molecule has 0 aliphatic carbocycles. The van der Waals surface area contributed by atoms with E-state index >= 15 is 0 Å². The lowest BCUT2D eigenvalue weighted by molar-refractivity contribution is -0.0498. The SMILES string of the molecule is CCN(C(=O)N1CC(c2ccccc2)C(c2ccc(OC(F)F)cc2)=N1)c1ccc(Cl)cc1. The molecule has 1 aliphatic rings. The normalized spacial score (nSPS) is 15.5. The first-order valence-corrected chi connectivity index (χ1v) is 10.9. The van der Waals surface area contributed by atoms with Gasteiger partial charge in [-0.1, -0.05) is 41.9 Å². The third-order valence-electron chi connectivity index (χ3n) is 5.40. The Bertz CT molecular complexity index is 1120. The average Bonchev–Trinajstić information content (AvgIpc) is 3.27. The van der Waals surface area contributed by atoms with Crippen LogP contribution in [0.3, 0.4) is 0 Å². The fraction of sp³-hybridized carbons (Fsp3) is 0.200. The molecule has 33 heavy (non-hydrogen) atoms. The second kappa shape index (κ2) is 10.0. The number of urea groups is 1. The number of ether oxygens (including phenoxy) is 1. The summed E-state index contributed by atoms with van der Waals surface area (Å²) in [4.78, 5) is 15.0. The average molecular weight is 470 g/mol. The monoisotopic (exact) mass is 469 g/mol. The van der Waals surface area contributed by atoms with Crippen LogP contribution >= 0.6 is 11.6 Å². The van der Waals surface area contributed by atoms with Crippen LogP contribution in [0, 0.1) is 0 Å². The molecule has 3 aromatic rings. The van der Waals surface area contributed by atoms with Gasteiger partial charge in [0.25, 0.3) is 0 Å². The van der Waals surface area contributed by atoms with Gasteiger partial charge in [-0.2, -0.15) is 13.9 Å². The van der Waals surface area contributed by atoms with Gasteiger partial charge in [-0.25, -0.2) is 9.80 Å². The Morgan fingerprint density at radius 2 is 1.76 bits per heavy atom. The molecule has 0 saturated heterocycles. The highest BCUT2D eigenvalue weighted by atomic mass is 35.5. The third kappa shape index (κ3) is 5.14. The van der Waals surface area contributed by atoms with Gasteiger partial charge in [0.15, 0.2) is 0 Å². The Balaban J connectivity index is 1.66.